The summed E-state index contributed by atoms with van der Waals surface area (Å²) >= 11 is 0. The number of benzene rings is 1. The Morgan fingerprint density at radius 1 is 1.29 bits per heavy atom. The lowest BCUT2D eigenvalue weighted by Crippen LogP contribution is -2.36. The summed E-state index contributed by atoms with van der Waals surface area (Å²) in [4.78, 5) is 4.26. The molecule has 0 fully saturated rings. The molecule has 94 valence electrons. The number of hydrogen-bond donors (Lipinski definition) is 2. The van der Waals surface area contributed by atoms with Gasteiger partial charge in [0.25, 0.3) is 0 Å². The van der Waals surface area contributed by atoms with Crippen LogP contribution in [0.15, 0.2) is 29.3 Å². The van der Waals surface area contributed by atoms with E-state index in [-0.39, 0.29) is 0 Å². The van der Waals surface area contributed by atoms with E-state index in [4.69, 9.17) is 10.5 Å². The van der Waals surface area contributed by atoms with E-state index < -0.39 is 0 Å². The van der Waals surface area contributed by atoms with Gasteiger partial charge < -0.3 is 15.8 Å². The maximum Gasteiger partial charge on any atom is 0.189 e. The van der Waals surface area contributed by atoms with E-state index >= 15 is 0 Å². The first-order valence-electron chi connectivity index (χ1n) is 5.75. The first kappa shape index (κ1) is 13.5. The summed E-state index contributed by atoms with van der Waals surface area (Å²) in [7, 11) is 1.69. The molecule has 17 heavy (non-hydrogen) atoms. The fourth-order valence-electron chi connectivity index (χ4n) is 1.43. The quantitative estimate of drug-likeness (QED) is 0.602. The van der Waals surface area contributed by atoms with Crippen LogP contribution in [0.1, 0.15) is 25.0 Å². The second-order valence-electron chi connectivity index (χ2n) is 4.25. The summed E-state index contributed by atoms with van der Waals surface area (Å²) in [6.45, 7) is 5.29. The van der Waals surface area contributed by atoms with E-state index in [2.05, 4.69) is 10.3 Å². The Morgan fingerprint density at radius 2 is 1.88 bits per heavy atom. The fourth-order valence-corrected chi connectivity index (χ4v) is 1.43. The number of rotatable bonds is 5. The number of aliphatic imine (C=N–C) groups is 1. The van der Waals surface area contributed by atoms with Gasteiger partial charge in [-0.25, -0.2) is 4.99 Å². The lowest BCUT2D eigenvalue weighted by atomic mass is 10.1. The molecule has 0 spiro atoms. The minimum Gasteiger partial charge on any atom is -0.380 e. The molecule has 0 aliphatic carbocycles. The SMILES string of the molecule is COCc1ccc(CN=C(N)NC(C)C)cc1. The van der Waals surface area contributed by atoms with Gasteiger partial charge >= 0.3 is 0 Å². The molecule has 4 heteroatoms. The number of hydrogen-bond acceptors (Lipinski definition) is 2. The van der Waals surface area contributed by atoms with Gasteiger partial charge in [0, 0.05) is 13.2 Å². The summed E-state index contributed by atoms with van der Waals surface area (Å²) in [6, 6.07) is 8.48. The average Bonchev–Trinajstić information content (AvgIpc) is 2.28. The monoisotopic (exact) mass is 235 g/mol. The Hall–Kier alpha value is -1.55. The van der Waals surface area contributed by atoms with Crippen LogP contribution in [0, 0.1) is 0 Å². The predicted molar refractivity (Wildman–Crippen MR) is 70.8 cm³/mol. The molecule has 1 aromatic rings. The third-order valence-corrected chi connectivity index (χ3v) is 2.20. The highest BCUT2D eigenvalue weighted by molar-refractivity contribution is 5.78. The molecule has 0 saturated carbocycles. The van der Waals surface area contributed by atoms with E-state index in [1.165, 1.54) is 0 Å². The summed E-state index contributed by atoms with van der Waals surface area (Å²) in [5.41, 5.74) is 8.02. The van der Waals surface area contributed by atoms with Gasteiger partial charge in [-0.15, -0.1) is 0 Å². The molecule has 0 atom stereocenters. The molecule has 1 rings (SSSR count). The first-order chi connectivity index (χ1) is 8.11. The van der Waals surface area contributed by atoms with Gasteiger partial charge in [0.1, 0.15) is 0 Å². The highest BCUT2D eigenvalue weighted by atomic mass is 16.5. The van der Waals surface area contributed by atoms with E-state index in [0.29, 0.717) is 25.2 Å². The molecule has 4 nitrogen and oxygen atoms in total. The van der Waals surface area contributed by atoms with Crippen molar-refractivity contribution in [3.8, 4) is 0 Å². The molecule has 0 saturated heterocycles. The molecule has 0 aliphatic heterocycles. The largest absolute Gasteiger partial charge is 0.380 e. The van der Waals surface area contributed by atoms with Crippen molar-refractivity contribution in [1.29, 1.82) is 0 Å². The Balaban J connectivity index is 2.51. The van der Waals surface area contributed by atoms with Gasteiger partial charge in [-0.05, 0) is 25.0 Å². The van der Waals surface area contributed by atoms with Crippen LogP contribution in [0.2, 0.25) is 0 Å². The van der Waals surface area contributed by atoms with Crippen molar-refractivity contribution in [2.24, 2.45) is 10.7 Å². The van der Waals surface area contributed by atoms with Gasteiger partial charge in [-0.2, -0.15) is 0 Å². The highest BCUT2D eigenvalue weighted by Crippen LogP contribution is 2.06. The Kier molecular flexibility index (Phi) is 5.49. The van der Waals surface area contributed by atoms with Crippen LogP contribution in [-0.4, -0.2) is 19.1 Å². The number of nitrogens with zero attached hydrogens (tertiary/aromatic N) is 1. The maximum atomic E-state index is 5.72. The second-order valence-corrected chi connectivity index (χ2v) is 4.25. The summed E-state index contributed by atoms with van der Waals surface area (Å²) in [5, 5.41) is 3.05. The number of nitrogens with one attached hydrogen (secondary N) is 1. The summed E-state index contributed by atoms with van der Waals surface area (Å²) in [6.07, 6.45) is 0. The van der Waals surface area contributed by atoms with Crippen molar-refractivity contribution in [1.82, 2.24) is 5.32 Å². The lowest BCUT2D eigenvalue weighted by Gasteiger charge is -2.08. The highest BCUT2D eigenvalue weighted by Gasteiger charge is 1.96. The molecular formula is C13H21N3O. The van der Waals surface area contributed by atoms with Crippen molar-refractivity contribution in [2.45, 2.75) is 33.0 Å². The Bertz CT molecular complexity index is 357. The molecule has 0 aliphatic rings. The first-order valence-corrected chi connectivity index (χ1v) is 5.75. The van der Waals surface area contributed by atoms with Crippen LogP contribution in [0.5, 0.6) is 0 Å². The van der Waals surface area contributed by atoms with Crippen molar-refractivity contribution in [3.63, 3.8) is 0 Å². The summed E-state index contributed by atoms with van der Waals surface area (Å²) in [5.74, 6) is 0.487. The van der Waals surface area contributed by atoms with Crippen molar-refractivity contribution in [3.05, 3.63) is 35.4 Å². The van der Waals surface area contributed by atoms with Crippen LogP contribution in [0.3, 0.4) is 0 Å². The zero-order valence-electron chi connectivity index (χ0n) is 10.7. The lowest BCUT2D eigenvalue weighted by molar-refractivity contribution is 0.185. The molecular weight excluding hydrogens is 214 g/mol. The van der Waals surface area contributed by atoms with Gasteiger partial charge in [0.15, 0.2) is 5.96 Å². The van der Waals surface area contributed by atoms with Crippen LogP contribution in [0.25, 0.3) is 0 Å². The fraction of sp³-hybridized carbons (Fsp3) is 0.462. The molecule has 0 bridgehead atoms. The van der Waals surface area contributed by atoms with Crippen molar-refractivity contribution >= 4 is 5.96 Å². The van der Waals surface area contributed by atoms with E-state index in [9.17, 15) is 0 Å². The third-order valence-electron chi connectivity index (χ3n) is 2.20. The van der Waals surface area contributed by atoms with Crippen LogP contribution < -0.4 is 11.1 Å². The standard InChI is InChI=1S/C13H21N3O/c1-10(2)16-13(14)15-8-11-4-6-12(7-5-11)9-17-3/h4-7,10H,8-9H2,1-3H3,(H3,14,15,16). The molecule has 0 unspecified atom stereocenters. The Morgan fingerprint density at radius 3 is 2.41 bits per heavy atom. The average molecular weight is 235 g/mol. The Labute approximate surface area is 103 Å². The van der Waals surface area contributed by atoms with Crippen LogP contribution >= 0.6 is 0 Å². The molecule has 0 amide bonds. The zero-order valence-corrected chi connectivity index (χ0v) is 10.7. The number of guanidine groups is 1. The van der Waals surface area contributed by atoms with Gasteiger partial charge in [-0.1, -0.05) is 24.3 Å². The number of ether oxygens (including phenoxy) is 1. The minimum absolute atomic E-state index is 0.308. The van der Waals surface area contributed by atoms with E-state index in [0.717, 1.165) is 11.1 Å². The smallest absolute Gasteiger partial charge is 0.189 e. The van der Waals surface area contributed by atoms with Gasteiger partial charge in [-0.3, -0.25) is 0 Å². The van der Waals surface area contributed by atoms with Gasteiger partial charge in [0.2, 0.25) is 0 Å². The zero-order chi connectivity index (χ0) is 12.7. The van der Waals surface area contributed by atoms with Crippen molar-refractivity contribution < 1.29 is 4.74 Å². The van der Waals surface area contributed by atoms with Crippen LogP contribution in [0.4, 0.5) is 0 Å². The second kappa shape index (κ2) is 6.91. The topological polar surface area (TPSA) is 59.6 Å². The van der Waals surface area contributed by atoms with Crippen molar-refractivity contribution in [2.75, 3.05) is 7.11 Å². The van der Waals surface area contributed by atoms with Crippen LogP contribution in [-0.2, 0) is 17.9 Å². The minimum atomic E-state index is 0.308. The maximum absolute atomic E-state index is 5.72. The molecule has 1 aromatic carbocycles. The third kappa shape index (κ3) is 5.36. The van der Waals surface area contributed by atoms with E-state index in [1.807, 2.05) is 38.1 Å². The molecule has 0 radical (unpaired) electrons. The predicted octanol–water partition coefficient (Wildman–Crippen LogP) is 1.65. The normalized spacial score (nSPS) is 11.9. The number of methoxy groups -OCH3 is 1. The van der Waals surface area contributed by atoms with E-state index in [1.54, 1.807) is 7.11 Å². The van der Waals surface area contributed by atoms with Gasteiger partial charge in [0.05, 0.1) is 13.2 Å². The molecule has 0 heterocycles. The summed E-state index contributed by atoms with van der Waals surface area (Å²) < 4.78 is 5.05. The molecule has 3 N–H and O–H groups in total. The number of nitrogens with two attached hydrogens (primary N) is 1. The molecule has 0 aromatic heterocycles.